The highest BCUT2D eigenvalue weighted by Gasteiger charge is 2.53. The van der Waals surface area contributed by atoms with Crippen LogP contribution < -0.4 is 10.2 Å². The summed E-state index contributed by atoms with van der Waals surface area (Å²) in [6, 6.07) is 13.2. The summed E-state index contributed by atoms with van der Waals surface area (Å²) in [4.78, 5) is 24.3. The van der Waals surface area contributed by atoms with Gasteiger partial charge >= 0.3 is 0 Å². The molecule has 7 heteroatoms. The molecule has 2 heterocycles. The molecule has 23 heavy (non-hydrogen) atoms. The summed E-state index contributed by atoms with van der Waals surface area (Å²) in [6.45, 7) is 0. The minimum absolute atomic E-state index is 0.0816. The number of rotatable bonds is 2. The van der Waals surface area contributed by atoms with E-state index < -0.39 is 22.3 Å². The molecule has 0 radical (unpaired) electrons. The van der Waals surface area contributed by atoms with E-state index in [9.17, 15) is 20.0 Å². The first kappa shape index (κ1) is 13.3. The molecule has 0 spiro atoms. The van der Waals surface area contributed by atoms with Gasteiger partial charge in [-0.05, 0) is 12.1 Å². The minimum atomic E-state index is -1.16. The van der Waals surface area contributed by atoms with Gasteiger partial charge in [0.15, 0.2) is 11.4 Å². The molecule has 2 aliphatic rings. The van der Waals surface area contributed by atoms with Crippen LogP contribution in [0.2, 0.25) is 0 Å². The number of anilines is 2. The van der Waals surface area contributed by atoms with Crippen molar-refractivity contribution in [1.29, 1.82) is 0 Å². The first-order valence-corrected chi connectivity index (χ1v) is 6.91. The lowest BCUT2D eigenvalue weighted by Gasteiger charge is -2.31. The number of nitrogens with one attached hydrogen (secondary N) is 1. The molecule has 0 aliphatic carbocycles. The van der Waals surface area contributed by atoms with Gasteiger partial charge in [-0.3, -0.25) is 19.8 Å². The van der Waals surface area contributed by atoms with Crippen molar-refractivity contribution >= 4 is 23.0 Å². The second-order valence-electron chi connectivity index (χ2n) is 5.39. The molecule has 0 fully saturated rings. The normalized spacial score (nSPS) is 21.5. The molecular weight excluding hydrogens is 298 g/mol. The van der Waals surface area contributed by atoms with Crippen molar-refractivity contribution in [2.24, 2.45) is 0 Å². The van der Waals surface area contributed by atoms with Gasteiger partial charge in [0.25, 0.3) is 11.6 Å². The van der Waals surface area contributed by atoms with Gasteiger partial charge in [0, 0.05) is 23.8 Å². The zero-order valence-electron chi connectivity index (χ0n) is 11.8. The molecular formula is C16H11N3O4. The Morgan fingerprint density at radius 2 is 1.96 bits per heavy atom. The molecule has 114 valence electrons. The molecule has 0 aromatic heterocycles. The van der Waals surface area contributed by atoms with Crippen molar-refractivity contribution in [3.63, 3.8) is 0 Å². The predicted octanol–water partition coefficient (Wildman–Crippen LogP) is 2.66. The number of hydrogen-bond acceptors (Lipinski definition) is 5. The highest BCUT2D eigenvalue weighted by molar-refractivity contribution is 6.13. The Labute approximate surface area is 130 Å². The Hall–Kier alpha value is -3.35. The maximum absolute atomic E-state index is 12.4. The topological polar surface area (TPSA) is 95.7 Å². The molecule has 4 rings (SSSR count). The monoisotopic (exact) mass is 309 g/mol. The Kier molecular flexibility index (Phi) is 2.51. The van der Waals surface area contributed by atoms with E-state index in [2.05, 4.69) is 5.32 Å². The third kappa shape index (κ3) is 1.67. The third-order valence-corrected chi connectivity index (χ3v) is 4.09. The van der Waals surface area contributed by atoms with E-state index in [4.69, 9.17) is 0 Å². The second-order valence-corrected chi connectivity index (χ2v) is 5.39. The molecule has 0 unspecified atom stereocenters. The smallest absolute Gasteiger partial charge is 0.295 e. The van der Waals surface area contributed by atoms with Crippen LogP contribution in [0.25, 0.3) is 0 Å². The van der Waals surface area contributed by atoms with Crippen LogP contribution in [0.1, 0.15) is 5.56 Å². The van der Waals surface area contributed by atoms with Crippen molar-refractivity contribution in [3.05, 3.63) is 76.0 Å². The van der Waals surface area contributed by atoms with Crippen molar-refractivity contribution in [3.8, 4) is 0 Å². The van der Waals surface area contributed by atoms with E-state index in [1.807, 2.05) is 12.1 Å². The Morgan fingerprint density at radius 1 is 1.17 bits per heavy atom. The number of nitro benzene ring substituents is 1. The van der Waals surface area contributed by atoms with Crippen LogP contribution in [-0.2, 0) is 10.5 Å². The number of hydrogen-bond donors (Lipinski definition) is 2. The van der Waals surface area contributed by atoms with Crippen LogP contribution in [0.5, 0.6) is 0 Å². The molecule has 0 bridgehead atoms. The largest absolute Gasteiger partial charge is 0.503 e. The number of carbonyl (C=O) groups is 1. The Bertz CT molecular complexity index is 892. The summed E-state index contributed by atoms with van der Waals surface area (Å²) in [5.41, 5.74) is 0.596. The fraction of sp³-hybridized carbons (Fsp3) is 0.0625. The second kappa shape index (κ2) is 4.33. The third-order valence-electron chi connectivity index (χ3n) is 4.09. The Balaban J connectivity index is 1.94. The summed E-state index contributed by atoms with van der Waals surface area (Å²) in [5, 5.41) is 24.2. The van der Waals surface area contributed by atoms with Crippen molar-refractivity contribution in [2.45, 2.75) is 5.66 Å². The summed E-state index contributed by atoms with van der Waals surface area (Å²) < 4.78 is 0. The molecule has 0 saturated heterocycles. The zero-order valence-corrected chi connectivity index (χ0v) is 11.8. The van der Waals surface area contributed by atoms with Gasteiger partial charge < -0.3 is 10.4 Å². The van der Waals surface area contributed by atoms with E-state index in [1.165, 1.54) is 23.1 Å². The number of aliphatic hydroxyl groups excluding tert-OH is 1. The summed E-state index contributed by atoms with van der Waals surface area (Å²) in [6.07, 6.45) is 1.38. The van der Waals surface area contributed by atoms with Gasteiger partial charge in [-0.25, -0.2) is 0 Å². The number of fused-ring (bicyclic) bond motifs is 3. The van der Waals surface area contributed by atoms with Crippen molar-refractivity contribution in [2.75, 3.05) is 10.2 Å². The summed E-state index contributed by atoms with van der Waals surface area (Å²) in [5.74, 6) is -0.938. The number of benzene rings is 2. The van der Waals surface area contributed by atoms with Gasteiger partial charge in [-0.15, -0.1) is 0 Å². The number of amides is 1. The van der Waals surface area contributed by atoms with Crippen LogP contribution in [0, 0.1) is 10.1 Å². The zero-order chi connectivity index (χ0) is 16.2. The number of para-hydroxylation sites is 2. The first-order chi connectivity index (χ1) is 11.0. The van der Waals surface area contributed by atoms with E-state index >= 15 is 0 Å². The molecule has 1 amide bonds. The quantitative estimate of drug-likeness (QED) is 0.657. The molecule has 7 nitrogen and oxygen atoms in total. The van der Waals surface area contributed by atoms with Crippen LogP contribution in [0.3, 0.4) is 0 Å². The first-order valence-electron chi connectivity index (χ1n) is 6.91. The van der Waals surface area contributed by atoms with Gasteiger partial charge in [-0.2, -0.15) is 0 Å². The van der Waals surface area contributed by atoms with Gasteiger partial charge in [-0.1, -0.05) is 24.3 Å². The van der Waals surface area contributed by atoms with Crippen LogP contribution in [0.15, 0.2) is 60.4 Å². The Morgan fingerprint density at radius 3 is 2.74 bits per heavy atom. The van der Waals surface area contributed by atoms with Gasteiger partial charge in [0.2, 0.25) is 0 Å². The molecule has 1 atom stereocenters. The number of carbonyl (C=O) groups excluding carboxylic acids is 1. The van der Waals surface area contributed by atoms with Crippen molar-refractivity contribution in [1.82, 2.24) is 0 Å². The summed E-state index contributed by atoms with van der Waals surface area (Å²) >= 11 is 0. The standard InChI is InChI=1S/C16H11N3O4/c20-14-9-16(10-4-3-5-11(8-10)19(22)23)17-12-6-1-2-7-13(12)18(16)15(14)21/h1-9,17,20H/t16-/m1/s1. The maximum Gasteiger partial charge on any atom is 0.295 e. The van der Waals surface area contributed by atoms with E-state index in [0.29, 0.717) is 11.3 Å². The lowest BCUT2D eigenvalue weighted by Crippen LogP contribution is -2.45. The van der Waals surface area contributed by atoms with Crippen molar-refractivity contribution < 1.29 is 14.8 Å². The average Bonchev–Trinajstić information content (AvgIpc) is 3.00. The molecule has 2 N–H and O–H groups in total. The fourth-order valence-corrected chi connectivity index (χ4v) is 3.11. The molecule has 2 aromatic rings. The number of aliphatic hydroxyl groups is 1. The van der Waals surface area contributed by atoms with E-state index in [-0.39, 0.29) is 5.69 Å². The average molecular weight is 309 g/mol. The maximum atomic E-state index is 12.4. The van der Waals surface area contributed by atoms with Crippen LogP contribution >= 0.6 is 0 Å². The number of non-ortho nitro benzene ring substituents is 1. The molecule has 0 saturated carbocycles. The van der Waals surface area contributed by atoms with Gasteiger partial charge in [0.1, 0.15) is 0 Å². The highest BCUT2D eigenvalue weighted by atomic mass is 16.6. The number of nitrogens with zero attached hydrogens (tertiary/aromatic N) is 2. The predicted molar refractivity (Wildman–Crippen MR) is 83.0 cm³/mol. The van der Waals surface area contributed by atoms with Crippen LogP contribution in [-0.4, -0.2) is 15.9 Å². The fourth-order valence-electron chi connectivity index (χ4n) is 3.11. The van der Waals surface area contributed by atoms with E-state index in [1.54, 1.807) is 24.3 Å². The summed E-state index contributed by atoms with van der Waals surface area (Å²) in [7, 11) is 0. The molecule has 2 aromatic carbocycles. The number of nitro groups is 1. The van der Waals surface area contributed by atoms with Gasteiger partial charge in [0.05, 0.1) is 16.3 Å². The SMILES string of the molecule is O=C1C(O)=C[C@@]2(c3cccc([N+](=O)[O-])c3)Nc3ccccc3N12. The molecule has 2 aliphatic heterocycles. The lowest BCUT2D eigenvalue weighted by atomic mass is 9.99. The van der Waals surface area contributed by atoms with Crippen LogP contribution in [0.4, 0.5) is 17.1 Å². The lowest BCUT2D eigenvalue weighted by molar-refractivity contribution is -0.384. The highest BCUT2D eigenvalue weighted by Crippen LogP contribution is 2.50. The van der Waals surface area contributed by atoms with E-state index in [0.717, 1.165) is 5.69 Å². The minimum Gasteiger partial charge on any atom is -0.503 e.